The van der Waals surface area contributed by atoms with Crippen LogP contribution < -0.4 is 0 Å². The number of ether oxygens (including phenoxy) is 3. The van der Waals surface area contributed by atoms with Crippen molar-refractivity contribution >= 4 is 29.5 Å². The number of halogens is 1. The van der Waals surface area contributed by atoms with Crippen molar-refractivity contribution in [2.75, 3.05) is 67.0 Å². The van der Waals surface area contributed by atoms with Gasteiger partial charge in [0.1, 0.15) is 19.8 Å². The molecule has 0 heterocycles. The molecule has 3 atom stereocenters. The van der Waals surface area contributed by atoms with Crippen LogP contribution in [0.2, 0.25) is 0 Å². The lowest BCUT2D eigenvalue weighted by molar-refractivity contribution is -0.183. The van der Waals surface area contributed by atoms with Gasteiger partial charge in [-0.15, -0.1) is 11.6 Å². The number of nitrogens with zero attached hydrogens (tertiary/aromatic N) is 2. The van der Waals surface area contributed by atoms with Crippen LogP contribution in [0.25, 0.3) is 0 Å². The lowest BCUT2D eigenvalue weighted by Gasteiger charge is -2.54. The zero-order chi connectivity index (χ0) is 36.5. The third-order valence-corrected chi connectivity index (χ3v) is 9.48. The minimum atomic E-state index is -1.06. The Morgan fingerprint density at radius 3 is 1.46 bits per heavy atom. The van der Waals surface area contributed by atoms with Crippen LogP contribution in [0, 0.1) is 44.3 Å². The smallest absolute Gasteiger partial charge is 0.312 e. The van der Waals surface area contributed by atoms with Gasteiger partial charge in [0.25, 0.3) is 0 Å². The van der Waals surface area contributed by atoms with Gasteiger partial charge in [-0.2, -0.15) is 0 Å². The van der Waals surface area contributed by atoms with Gasteiger partial charge < -0.3 is 24.0 Å². The molecular weight excluding hydrogens is 604 g/mol. The lowest BCUT2D eigenvalue weighted by Crippen LogP contribution is -2.56. The van der Waals surface area contributed by atoms with Gasteiger partial charge in [-0.05, 0) is 81.5 Å². The molecule has 0 saturated carbocycles. The van der Waals surface area contributed by atoms with Gasteiger partial charge in [0.2, 0.25) is 0 Å². The molecule has 8 nitrogen and oxygen atoms in total. The van der Waals surface area contributed by atoms with E-state index in [1.807, 2.05) is 58.8 Å². The molecule has 0 aromatic rings. The molecule has 0 aliphatic rings. The Labute approximate surface area is 288 Å². The van der Waals surface area contributed by atoms with E-state index in [2.05, 4.69) is 69.2 Å². The first-order valence-corrected chi connectivity index (χ1v) is 17.4. The van der Waals surface area contributed by atoms with Crippen molar-refractivity contribution < 1.29 is 28.6 Å². The molecule has 9 heteroatoms. The second-order valence-corrected chi connectivity index (χ2v) is 18.8. The second-order valence-electron chi connectivity index (χ2n) is 18.5. The zero-order valence-electron chi connectivity index (χ0n) is 32.7. The summed E-state index contributed by atoms with van der Waals surface area (Å²) < 4.78 is 17.6. The summed E-state index contributed by atoms with van der Waals surface area (Å²) in [5.74, 6) is -1.87. The minimum Gasteiger partial charge on any atom is -0.464 e. The zero-order valence-corrected chi connectivity index (χ0v) is 33.5. The van der Waals surface area contributed by atoms with E-state index in [4.69, 9.17) is 25.8 Å². The highest BCUT2D eigenvalue weighted by molar-refractivity contribution is 6.18. The van der Waals surface area contributed by atoms with E-state index in [0.29, 0.717) is 39.0 Å². The first-order chi connectivity index (χ1) is 20.5. The van der Waals surface area contributed by atoms with Crippen molar-refractivity contribution in [2.24, 2.45) is 44.3 Å². The minimum absolute atomic E-state index is 0.0923. The van der Waals surface area contributed by atoms with E-state index in [1.54, 1.807) is 0 Å². The summed E-state index contributed by atoms with van der Waals surface area (Å²) >= 11 is 5.94. The summed E-state index contributed by atoms with van der Waals surface area (Å²) in [6.45, 7) is 28.8. The molecule has 0 aliphatic heterocycles. The van der Waals surface area contributed by atoms with E-state index < -0.39 is 33.5 Å². The van der Waals surface area contributed by atoms with Gasteiger partial charge in [-0.3, -0.25) is 14.4 Å². The lowest BCUT2D eigenvalue weighted by atomic mass is 9.49. The summed E-state index contributed by atoms with van der Waals surface area (Å²) in [5.41, 5.74) is -3.60. The number of hydrogen-bond acceptors (Lipinski definition) is 8. The van der Waals surface area contributed by atoms with Crippen LogP contribution in [0.1, 0.15) is 109 Å². The van der Waals surface area contributed by atoms with Crippen molar-refractivity contribution in [1.82, 2.24) is 9.80 Å². The van der Waals surface area contributed by atoms with Crippen molar-refractivity contribution in [1.29, 1.82) is 0 Å². The molecule has 0 saturated heterocycles. The number of esters is 3. The maximum Gasteiger partial charge on any atom is 0.312 e. The van der Waals surface area contributed by atoms with Gasteiger partial charge in [-0.1, -0.05) is 83.1 Å². The Balaban J connectivity index is 7.12. The van der Waals surface area contributed by atoms with E-state index in [9.17, 15) is 14.4 Å². The van der Waals surface area contributed by atoms with Gasteiger partial charge in [0.05, 0.1) is 23.1 Å². The van der Waals surface area contributed by atoms with Crippen molar-refractivity contribution in [3.05, 3.63) is 0 Å². The number of likely N-dealkylation sites (N-methyl/N-ethyl adjacent to an activating group) is 2. The average Bonchev–Trinajstić information content (AvgIpc) is 2.82. The standard InChI is InChI=1S/C37H71ClN2O6/c1-32(2,3)24-27(29(41)44-22-19-39(14)15)34(7,8)26-35(9,10)28(30(42)45-23-20-40(16)17)36(11,12)37(13,25-33(4,5)6)31(43)46-21-18-38/h27-28H,18-26H2,1-17H3. The fourth-order valence-electron chi connectivity index (χ4n) is 7.36. The van der Waals surface area contributed by atoms with Gasteiger partial charge in [-0.25, -0.2) is 0 Å². The van der Waals surface area contributed by atoms with Crippen molar-refractivity contribution in [3.8, 4) is 0 Å². The summed E-state index contributed by atoms with van der Waals surface area (Å²) in [7, 11) is 7.76. The number of carbonyl (C=O) groups is 3. The topological polar surface area (TPSA) is 85.4 Å². The Morgan fingerprint density at radius 1 is 0.609 bits per heavy atom. The largest absolute Gasteiger partial charge is 0.464 e. The Hall–Kier alpha value is -1.38. The Bertz CT molecular complexity index is 977. The van der Waals surface area contributed by atoms with Crippen LogP contribution >= 0.6 is 11.6 Å². The molecule has 0 amide bonds. The maximum atomic E-state index is 14.4. The summed E-state index contributed by atoms with van der Waals surface area (Å²) in [5, 5.41) is 0. The monoisotopic (exact) mass is 675 g/mol. The number of hydrogen-bond donors (Lipinski definition) is 0. The quantitative estimate of drug-likeness (QED) is 0.0789. The average molecular weight is 675 g/mol. The van der Waals surface area contributed by atoms with Crippen molar-refractivity contribution in [2.45, 2.75) is 109 Å². The molecule has 0 aliphatic carbocycles. The van der Waals surface area contributed by atoms with E-state index >= 15 is 0 Å². The second kappa shape index (κ2) is 17.3. The maximum absolute atomic E-state index is 14.4. The highest BCUT2D eigenvalue weighted by Gasteiger charge is 2.60. The highest BCUT2D eigenvalue weighted by atomic mass is 35.5. The molecule has 0 aromatic carbocycles. The molecule has 46 heavy (non-hydrogen) atoms. The fraction of sp³-hybridized carbons (Fsp3) is 0.919. The van der Waals surface area contributed by atoms with Crippen LogP contribution in [0.15, 0.2) is 0 Å². The number of carbonyl (C=O) groups excluding carboxylic acids is 3. The first-order valence-electron chi connectivity index (χ1n) is 16.9. The van der Waals surface area contributed by atoms with E-state index in [1.165, 1.54) is 0 Å². The molecule has 0 N–H and O–H groups in total. The molecule has 3 unspecified atom stereocenters. The summed E-state index contributed by atoms with van der Waals surface area (Å²) in [6, 6.07) is 0. The van der Waals surface area contributed by atoms with Crippen LogP contribution in [0.4, 0.5) is 0 Å². The molecule has 0 aromatic heterocycles. The van der Waals surface area contributed by atoms with Gasteiger partial charge in [0, 0.05) is 13.1 Å². The third kappa shape index (κ3) is 14.0. The predicted octanol–water partition coefficient (Wildman–Crippen LogP) is 7.56. The molecule has 272 valence electrons. The van der Waals surface area contributed by atoms with Crippen LogP contribution in [0.3, 0.4) is 0 Å². The van der Waals surface area contributed by atoms with Gasteiger partial charge >= 0.3 is 17.9 Å². The molecule has 0 bridgehead atoms. The van der Waals surface area contributed by atoms with Crippen molar-refractivity contribution in [3.63, 3.8) is 0 Å². The first kappa shape index (κ1) is 44.6. The van der Waals surface area contributed by atoms with Crippen LogP contribution in [-0.4, -0.2) is 94.7 Å². The number of rotatable bonds is 19. The normalized spacial score (nSPS) is 16.2. The van der Waals surface area contributed by atoms with Crippen LogP contribution in [-0.2, 0) is 28.6 Å². The molecule has 0 spiro atoms. The molecule has 0 radical (unpaired) electrons. The highest BCUT2D eigenvalue weighted by Crippen LogP contribution is 2.59. The molecular formula is C37H71ClN2O6. The SMILES string of the molecule is CN(C)CCOC(=O)C(CC(C)(C)C)C(C)(C)CC(C)(C)C(C(=O)OCCN(C)C)C(C)(C)C(C)(CC(C)(C)C)C(=O)OCCCl. The third-order valence-electron chi connectivity index (χ3n) is 9.33. The predicted molar refractivity (Wildman–Crippen MR) is 190 cm³/mol. The van der Waals surface area contributed by atoms with Crippen LogP contribution in [0.5, 0.6) is 0 Å². The van der Waals surface area contributed by atoms with E-state index in [-0.39, 0.29) is 47.8 Å². The summed E-state index contributed by atoms with van der Waals surface area (Å²) in [6.07, 6.45) is 1.63. The summed E-state index contributed by atoms with van der Waals surface area (Å²) in [4.78, 5) is 46.1. The molecule has 0 rings (SSSR count). The van der Waals surface area contributed by atoms with E-state index in [0.717, 1.165) is 0 Å². The fourth-order valence-corrected chi connectivity index (χ4v) is 7.43. The number of alkyl halides is 1. The molecule has 0 fully saturated rings. The van der Waals surface area contributed by atoms with Gasteiger partial charge in [0.15, 0.2) is 0 Å². The Kier molecular flexibility index (Phi) is 16.8. The Morgan fingerprint density at radius 2 is 1.07 bits per heavy atom.